The molecule has 2 atom stereocenters. The summed E-state index contributed by atoms with van der Waals surface area (Å²) in [5.41, 5.74) is 5.86. The Hall–Kier alpha value is -3.27. The molecule has 0 bridgehead atoms. The maximum absolute atomic E-state index is 13.4. The van der Waals surface area contributed by atoms with Gasteiger partial charge in [0.1, 0.15) is 18.0 Å². The second kappa shape index (κ2) is 6.41. The van der Waals surface area contributed by atoms with Crippen LogP contribution >= 0.6 is 0 Å². The standard InChI is InChI=1S/C24H22N2O2/c1-15-7-10-19(11-8-15)26-23(25-21-6-4-3-5-20(21)24(26)27)17-9-12-22-18(14-17)13-16(2)28-22/h3-12,14,16,23,25H,13H2,1-2H3/t16-,23+/m1/s1. The number of amides is 1. The van der Waals surface area contributed by atoms with Crippen LogP contribution in [0.25, 0.3) is 0 Å². The summed E-state index contributed by atoms with van der Waals surface area (Å²) in [6.07, 6.45) is 0.816. The Morgan fingerprint density at radius 1 is 1.04 bits per heavy atom. The van der Waals surface area contributed by atoms with Crippen LogP contribution in [0.15, 0.2) is 66.7 Å². The fourth-order valence-corrected chi connectivity index (χ4v) is 4.07. The number of rotatable bonds is 2. The summed E-state index contributed by atoms with van der Waals surface area (Å²) in [4.78, 5) is 15.3. The maximum Gasteiger partial charge on any atom is 0.262 e. The molecule has 0 aliphatic carbocycles. The topological polar surface area (TPSA) is 41.6 Å². The molecule has 0 unspecified atom stereocenters. The summed E-state index contributed by atoms with van der Waals surface area (Å²) in [6.45, 7) is 4.13. The van der Waals surface area contributed by atoms with Crippen LogP contribution in [0.1, 0.15) is 40.1 Å². The van der Waals surface area contributed by atoms with Crippen LogP contribution in [0, 0.1) is 6.92 Å². The number of nitrogens with zero attached hydrogens (tertiary/aromatic N) is 1. The number of nitrogens with one attached hydrogen (secondary N) is 1. The highest BCUT2D eigenvalue weighted by Gasteiger charge is 2.34. The van der Waals surface area contributed by atoms with Gasteiger partial charge in [-0.3, -0.25) is 9.69 Å². The lowest BCUT2D eigenvalue weighted by Crippen LogP contribution is -2.43. The molecule has 0 saturated carbocycles. The molecule has 0 saturated heterocycles. The van der Waals surface area contributed by atoms with Crippen LogP contribution in [-0.2, 0) is 6.42 Å². The van der Waals surface area contributed by atoms with Crippen LogP contribution in [0.5, 0.6) is 5.75 Å². The smallest absolute Gasteiger partial charge is 0.262 e. The van der Waals surface area contributed by atoms with Gasteiger partial charge in [0.25, 0.3) is 5.91 Å². The van der Waals surface area contributed by atoms with Crippen molar-refractivity contribution in [1.82, 2.24) is 0 Å². The van der Waals surface area contributed by atoms with E-state index in [1.807, 2.05) is 59.5 Å². The first-order valence-electron chi connectivity index (χ1n) is 9.65. The zero-order valence-corrected chi connectivity index (χ0v) is 16.0. The minimum absolute atomic E-state index is 0.00770. The Kier molecular flexibility index (Phi) is 3.86. The summed E-state index contributed by atoms with van der Waals surface area (Å²) in [6, 6.07) is 22.0. The molecular weight excluding hydrogens is 348 g/mol. The van der Waals surface area contributed by atoms with E-state index in [2.05, 4.69) is 31.3 Å². The molecule has 28 heavy (non-hydrogen) atoms. The summed E-state index contributed by atoms with van der Waals surface area (Å²) in [5, 5.41) is 3.57. The van der Waals surface area contributed by atoms with Crippen LogP contribution in [-0.4, -0.2) is 12.0 Å². The third-order valence-electron chi connectivity index (χ3n) is 5.47. The highest BCUT2D eigenvalue weighted by atomic mass is 16.5. The second-order valence-corrected chi connectivity index (χ2v) is 7.60. The van der Waals surface area contributed by atoms with Gasteiger partial charge in [0.05, 0.1) is 5.56 Å². The summed E-state index contributed by atoms with van der Waals surface area (Å²) in [5.74, 6) is 0.953. The lowest BCUT2D eigenvalue weighted by molar-refractivity contribution is 0.0975. The average molecular weight is 370 g/mol. The number of para-hydroxylation sites is 1. The molecule has 1 amide bonds. The number of ether oxygens (including phenoxy) is 1. The minimum Gasteiger partial charge on any atom is -0.490 e. The molecule has 4 heteroatoms. The molecule has 0 fully saturated rings. The van der Waals surface area contributed by atoms with E-state index in [0.29, 0.717) is 5.56 Å². The first kappa shape index (κ1) is 16.9. The Morgan fingerprint density at radius 3 is 2.64 bits per heavy atom. The van der Waals surface area contributed by atoms with Crippen molar-refractivity contribution in [3.8, 4) is 5.75 Å². The lowest BCUT2D eigenvalue weighted by atomic mass is 10.00. The summed E-state index contributed by atoms with van der Waals surface area (Å²) < 4.78 is 5.85. The van der Waals surface area contributed by atoms with E-state index in [9.17, 15) is 4.79 Å². The molecule has 1 N–H and O–H groups in total. The van der Waals surface area contributed by atoms with Gasteiger partial charge < -0.3 is 10.1 Å². The number of carbonyl (C=O) groups is 1. The van der Waals surface area contributed by atoms with Crippen LogP contribution in [0.2, 0.25) is 0 Å². The number of hydrogen-bond acceptors (Lipinski definition) is 3. The molecular formula is C24H22N2O2. The SMILES string of the molecule is Cc1ccc(N2C(=O)c3ccccc3N[C@@H]2c2ccc3c(c2)C[C@@H](C)O3)cc1. The van der Waals surface area contributed by atoms with Gasteiger partial charge >= 0.3 is 0 Å². The van der Waals surface area contributed by atoms with Crippen molar-refractivity contribution in [2.24, 2.45) is 0 Å². The molecule has 3 aromatic rings. The molecule has 2 aliphatic rings. The van der Waals surface area contributed by atoms with Crippen molar-refractivity contribution in [2.75, 3.05) is 10.2 Å². The Labute approximate surface area is 164 Å². The van der Waals surface area contributed by atoms with Crippen LogP contribution in [0.3, 0.4) is 0 Å². The molecule has 2 heterocycles. The first-order chi connectivity index (χ1) is 13.6. The Balaban J connectivity index is 1.62. The third kappa shape index (κ3) is 2.73. The van der Waals surface area contributed by atoms with Gasteiger partial charge in [-0.05, 0) is 61.4 Å². The van der Waals surface area contributed by atoms with Gasteiger partial charge in [0.15, 0.2) is 0 Å². The molecule has 140 valence electrons. The van der Waals surface area contributed by atoms with E-state index in [-0.39, 0.29) is 18.2 Å². The van der Waals surface area contributed by atoms with Gasteiger partial charge in [-0.1, -0.05) is 35.9 Å². The van der Waals surface area contributed by atoms with E-state index in [0.717, 1.165) is 29.1 Å². The zero-order valence-electron chi connectivity index (χ0n) is 16.0. The third-order valence-corrected chi connectivity index (χ3v) is 5.47. The molecule has 0 aromatic heterocycles. The quantitative estimate of drug-likeness (QED) is 0.683. The Morgan fingerprint density at radius 2 is 1.82 bits per heavy atom. The van der Waals surface area contributed by atoms with E-state index in [1.54, 1.807) is 0 Å². The van der Waals surface area contributed by atoms with E-state index >= 15 is 0 Å². The van der Waals surface area contributed by atoms with Crippen LogP contribution < -0.4 is 15.0 Å². The van der Waals surface area contributed by atoms with Gasteiger partial charge in [-0.25, -0.2) is 0 Å². The molecule has 2 aliphatic heterocycles. The number of anilines is 2. The molecule has 5 rings (SSSR count). The largest absolute Gasteiger partial charge is 0.490 e. The summed E-state index contributed by atoms with van der Waals surface area (Å²) in [7, 11) is 0. The maximum atomic E-state index is 13.4. The Bertz CT molecular complexity index is 1060. The zero-order chi connectivity index (χ0) is 19.3. The van der Waals surface area contributed by atoms with Crippen molar-refractivity contribution in [3.63, 3.8) is 0 Å². The highest BCUT2D eigenvalue weighted by molar-refractivity contribution is 6.12. The second-order valence-electron chi connectivity index (χ2n) is 7.60. The monoisotopic (exact) mass is 370 g/mol. The van der Waals surface area contributed by atoms with E-state index in [4.69, 9.17) is 4.74 Å². The predicted octanol–water partition coefficient (Wildman–Crippen LogP) is 5.09. The molecule has 0 radical (unpaired) electrons. The van der Waals surface area contributed by atoms with Crippen molar-refractivity contribution < 1.29 is 9.53 Å². The molecule has 3 aromatic carbocycles. The van der Waals surface area contributed by atoms with E-state index in [1.165, 1.54) is 11.1 Å². The molecule has 4 nitrogen and oxygen atoms in total. The molecule has 0 spiro atoms. The van der Waals surface area contributed by atoms with Gasteiger partial charge in [0, 0.05) is 17.8 Å². The van der Waals surface area contributed by atoms with Crippen molar-refractivity contribution in [2.45, 2.75) is 32.5 Å². The van der Waals surface area contributed by atoms with Crippen LogP contribution in [0.4, 0.5) is 11.4 Å². The average Bonchev–Trinajstić information content (AvgIpc) is 3.08. The van der Waals surface area contributed by atoms with Gasteiger partial charge in [0.2, 0.25) is 0 Å². The normalized spacial score (nSPS) is 20.2. The van der Waals surface area contributed by atoms with Gasteiger partial charge in [-0.2, -0.15) is 0 Å². The van der Waals surface area contributed by atoms with Crippen molar-refractivity contribution >= 4 is 17.3 Å². The van der Waals surface area contributed by atoms with Crippen molar-refractivity contribution in [1.29, 1.82) is 0 Å². The number of benzene rings is 3. The number of fused-ring (bicyclic) bond motifs is 2. The first-order valence-corrected chi connectivity index (χ1v) is 9.65. The highest BCUT2D eigenvalue weighted by Crippen LogP contribution is 2.39. The lowest BCUT2D eigenvalue weighted by Gasteiger charge is -2.38. The van der Waals surface area contributed by atoms with Crippen molar-refractivity contribution in [3.05, 3.63) is 89.0 Å². The number of hydrogen-bond donors (Lipinski definition) is 1. The fraction of sp³-hybridized carbons (Fsp3) is 0.208. The predicted molar refractivity (Wildman–Crippen MR) is 111 cm³/mol. The summed E-state index contributed by atoms with van der Waals surface area (Å²) >= 11 is 0. The minimum atomic E-state index is -0.272. The fourth-order valence-electron chi connectivity index (χ4n) is 4.07. The number of carbonyl (C=O) groups excluding carboxylic acids is 1. The van der Waals surface area contributed by atoms with E-state index < -0.39 is 0 Å². The van der Waals surface area contributed by atoms with Gasteiger partial charge in [-0.15, -0.1) is 0 Å². The number of aryl methyl sites for hydroxylation is 1.